The molecule has 37 heavy (non-hydrogen) atoms. The van der Waals surface area contributed by atoms with Crippen LogP contribution in [0.4, 0.5) is 4.79 Å². The van der Waals surface area contributed by atoms with Gasteiger partial charge in [0, 0.05) is 26.1 Å². The zero-order chi connectivity index (χ0) is 25.7. The fourth-order valence-corrected chi connectivity index (χ4v) is 4.62. The highest BCUT2D eigenvalue weighted by molar-refractivity contribution is 5.79. The number of hydrogen-bond donors (Lipinski definition) is 0. The minimum atomic E-state index is -0.349. The molecule has 0 aromatic heterocycles. The first-order valence-electron chi connectivity index (χ1n) is 13.3. The second-order valence-corrected chi connectivity index (χ2v) is 9.23. The lowest BCUT2D eigenvalue weighted by Crippen LogP contribution is -2.32. The summed E-state index contributed by atoms with van der Waals surface area (Å²) < 4.78 is 33.4. The van der Waals surface area contributed by atoms with Gasteiger partial charge in [-0.1, -0.05) is 48.5 Å². The summed E-state index contributed by atoms with van der Waals surface area (Å²) in [5.74, 6) is 0.0561. The molecule has 0 saturated carbocycles. The van der Waals surface area contributed by atoms with Crippen molar-refractivity contribution < 1.29 is 33.2 Å². The molecule has 1 amide bonds. The lowest BCUT2D eigenvalue weighted by atomic mass is 9.98. The van der Waals surface area contributed by atoms with Crippen LogP contribution >= 0.6 is 0 Å². The third-order valence-electron chi connectivity index (χ3n) is 6.63. The molecule has 1 heterocycles. The fourth-order valence-electron chi connectivity index (χ4n) is 4.62. The number of nitrogens with zero attached hydrogens (tertiary/aromatic N) is 1. The van der Waals surface area contributed by atoms with Crippen LogP contribution in [-0.2, 0) is 28.4 Å². The van der Waals surface area contributed by atoms with Crippen LogP contribution in [0, 0.1) is 0 Å². The lowest BCUT2D eigenvalue weighted by molar-refractivity contribution is -0.169. The van der Waals surface area contributed by atoms with E-state index in [4.69, 9.17) is 28.4 Å². The Morgan fingerprint density at radius 3 is 2.05 bits per heavy atom. The molecule has 1 aliphatic carbocycles. The van der Waals surface area contributed by atoms with E-state index in [0.29, 0.717) is 59.4 Å². The van der Waals surface area contributed by atoms with E-state index >= 15 is 0 Å². The van der Waals surface area contributed by atoms with Crippen LogP contribution < -0.4 is 0 Å². The van der Waals surface area contributed by atoms with E-state index in [1.807, 2.05) is 24.3 Å². The third kappa shape index (κ3) is 8.25. The summed E-state index contributed by atoms with van der Waals surface area (Å²) in [6, 6.07) is 16.6. The molecule has 0 spiro atoms. The minimum Gasteiger partial charge on any atom is -0.448 e. The van der Waals surface area contributed by atoms with Crippen molar-refractivity contribution in [2.75, 3.05) is 73.1 Å². The van der Waals surface area contributed by atoms with Crippen LogP contribution in [0.3, 0.4) is 0 Å². The molecule has 1 saturated heterocycles. The molecule has 202 valence electrons. The molecule has 0 radical (unpaired) electrons. The average molecular weight is 514 g/mol. The molecule has 0 N–H and O–H groups in total. The van der Waals surface area contributed by atoms with Gasteiger partial charge in [0.05, 0.1) is 46.2 Å². The summed E-state index contributed by atoms with van der Waals surface area (Å²) in [7, 11) is 1.72. The molecule has 0 bridgehead atoms. The van der Waals surface area contributed by atoms with Gasteiger partial charge in [0.15, 0.2) is 6.29 Å². The first kappa shape index (κ1) is 27.5. The number of likely N-dealkylation sites (N-methyl/N-ethyl adjacent to an activating group) is 1. The van der Waals surface area contributed by atoms with Crippen molar-refractivity contribution in [3.63, 3.8) is 0 Å². The van der Waals surface area contributed by atoms with E-state index in [-0.39, 0.29) is 18.3 Å². The van der Waals surface area contributed by atoms with Gasteiger partial charge in [-0.15, -0.1) is 0 Å². The number of benzene rings is 2. The smallest absolute Gasteiger partial charge is 0.409 e. The minimum absolute atomic E-state index is 0.0561. The van der Waals surface area contributed by atoms with Gasteiger partial charge in [0.2, 0.25) is 0 Å². The Morgan fingerprint density at radius 2 is 1.43 bits per heavy atom. The SMILES string of the molecule is CN(CCOCCOCCOCCOC1CCCCO1)C(=O)OCC1c2ccccc2-c2ccccc21. The summed E-state index contributed by atoms with van der Waals surface area (Å²) >= 11 is 0. The van der Waals surface area contributed by atoms with Crippen LogP contribution in [0.15, 0.2) is 48.5 Å². The fraction of sp³-hybridized carbons (Fsp3) is 0.552. The van der Waals surface area contributed by atoms with Crippen LogP contribution in [0.2, 0.25) is 0 Å². The van der Waals surface area contributed by atoms with E-state index < -0.39 is 0 Å². The quantitative estimate of drug-likeness (QED) is 0.326. The van der Waals surface area contributed by atoms with Crippen molar-refractivity contribution in [3.05, 3.63) is 59.7 Å². The predicted octanol–water partition coefficient (Wildman–Crippen LogP) is 4.46. The van der Waals surface area contributed by atoms with Gasteiger partial charge in [-0.05, 0) is 41.5 Å². The van der Waals surface area contributed by atoms with Gasteiger partial charge in [0.1, 0.15) is 6.61 Å². The molecule has 1 atom stereocenters. The second kappa shape index (κ2) is 15.1. The highest BCUT2D eigenvalue weighted by Crippen LogP contribution is 2.44. The van der Waals surface area contributed by atoms with Crippen LogP contribution in [0.5, 0.6) is 0 Å². The van der Waals surface area contributed by atoms with E-state index in [9.17, 15) is 4.79 Å². The first-order chi connectivity index (χ1) is 18.2. The molecule has 4 rings (SSSR count). The summed E-state index contributed by atoms with van der Waals surface area (Å²) in [6.07, 6.45) is 2.82. The molecule has 1 aliphatic heterocycles. The molecule has 2 aromatic rings. The highest BCUT2D eigenvalue weighted by atomic mass is 16.7. The Labute approximate surface area is 219 Å². The molecule has 1 fully saturated rings. The molecule has 1 unspecified atom stereocenters. The maximum absolute atomic E-state index is 12.5. The zero-order valence-corrected chi connectivity index (χ0v) is 21.8. The largest absolute Gasteiger partial charge is 0.448 e. The number of rotatable bonds is 15. The maximum Gasteiger partial charge on any atom is 0.409 e. The van der Waals surface area contributed by atoms with Gasteiger partial charge in [0.25, 0.3) is 0 Å². The molecule has 8 nitrogen and oxygen atoms in total. The predicted molar refractivity (Wildman–Crippen MR) is 140 cm³/mol. The van der Waals surface area contributed by atoms with Gasteiger partial charge >= 0.3 is 6.09 Å². The number of amides is 1. The maximum atomic E-state index is 12.5. The topological polar surface area (TPSA) is 75.7 Å². The van der Waals surface area contributed by atoms with E-state index in [0.717, 1.165) is 25.9 Å². The number of carbonyl (C=O) groups excluding carboxylic acids is 1. The Hall–Kier alpha value is -2.49. The summed E-state index contributed by atoms with van der Waals surface area (Å²) in [5, 5.41) is 0. The first-order valence-corrected chi connectivity index (χ1v) is 13.3. The van der Waals surface area contributed by atoms with Crippen molar-refractivity contribution in [2.24, 2.45) is 0 Å². The van der Waals surface area contributed by atoms with E-state index in [1.54, 1.807) is 11.9 Å². The van der Waals surface area contributed by atoms with Gasteiger partial charge in [-0.2, -0.15) is 0 Å². The van der Waals surface area contributed by atoms with Crippen molar-refractivity contribution in [1.82, 2.24) is 4.90 Å². The van der Waals surface area contributed by atoms with Crippen LogP contribution in [-0.4, -0.2) is 90.3 Å². The monoisotopic (exact) mass is 513 g/mol. The van der Waals surface area contributed by atoms with Gasteiger partial charge in [-0.3, -0.25) is 0 Å². The van der Waals surface area contributed by atoms with Crippen molar-refractivity contribution in [3.8, 4) is 11.1 Å². The summed E-state index contributed by atoms with van der Waals surface area (Å²) in [5.41, 5.74) is 4.84. The molecular weight excluding hydrogens is 474 g/mol. The Balaban J connectivity index is 1.01. The standard InChI is InChI=1S/C29H39NO7/c1-30(13-15-32-16-17-33-18-19-34-20-21-36-28-12-6-7-14-35-28)29(31)37-22-27-25-10-4-2-8-23(25)24-9-3-5-11-26(24)27/h2-5,8-11,27-28H,6-7,12-22H2,1H3. The summed E-state index contributed by atoms with van der Waals surface area (Å²) in [4.78, 5) is 14.1. The normalized spacial score (nSPS) is 16.8. The van der Waals surface area contributed by atoms with Crippen LogP contribution in [0.25, 0.3) is 11.1 Å². The Bertz CT molecular complexity index is 917. The highest BCUT2D eigenvalue weighted by Gasteiger charge is 2.29. The van der Waals surface area contributed by atoms with Crippen molar-refractivity contribution in [2.45, 2.75) is 31.5 Å². The Morgan fingerprint density at radius 1 is 0.838 bits per heavy atom. The van der Waals surface area contributed by atoms with E-state index in [1.165, 1.54) is 22.3 Å². The number of ether oxygens (including phenoxy) is 6. The van der Waals surface area contributed by atoms with Crippen LogP contribution in [0.1, 0.15) is 36.3 Å². The lowest BCUT2D eigenvalue weighted by Gasteiger charge is -2.22. The van der Waals surface area contributed by atoms with E-state index in [2.05, 4.69) is 24.3 Å². The average Bonchev–Trinajstić information content (AvgIpc) is 3.26. The number of carbonyl (C=O) groups is 1. The van der Waals surface area contributed by atoms with Crippen molar-refractivity contribution >= 4 is 6.09 Å². The number of fused-ring (bicyclic) bond motifs is 3. The molecule has 2 aliphatic rings. The van der Waals surface area contributed by atoms with Gasteiger partial charge in [-0.25, -0.2) is 4.79 Å². The Kier molecular flexibility index (Phi) is 11.2. The number of hydrogen-bond acceptors (Lipinski definition) is 7. The third-order valence-corrected chi connectivity index (χ3v) is 6.63. The molecule has 8 heteroatoms. The van der Waals surface area contributed by atoms with Gasteiger partial charge < -0.3 is 33.3 Å². The zero-order valence-electron chi connectivity index (χ0n) is 21.8. The molecule has 2 aromatic carbocycles. The summed E-state index contributed by atoms with van der Waals surface area (Å²) in [6.45, 7) is 4.98. The van der Waals surface area contributed by atoms with Crippen molar-refractivity contribution in [1.29, 1.82) is 0 Å². The molecular formula is C29H39NO7. The second-order valence-electron chi connectivity index (χ2n) is 9.23.